The molecule has 0 saturated heterocycles. The molecule has 3 aliphatic rings. The third-order valence-electron chi connectivity index (χ3n) is 7.06. The van der Waals surface area contributed by atoms with Gasteiger partial charge < -0.3 is 9.09 Å². The first kappa shape index (κ1) is 21.0. The van der Waals surface area contributed by atoms with E-state index in [-0.39, 0.29) is 23.9 Å². The van der Waals surface area contributed by atoms with E-state index in [0.717, 1.165) is 68.1 Å². The van der Waals surface area contributed by atoms with Crippen molar-refractivity contribution in [3.63, 3.8) is 0 Å². The third-order valence-corrected chi connectivity index (χ3v) is 8.71. The highest BCUT2D eigenvalue weighted by molar-refractivity contribution is 7.89. The summed E-state index contributed by atoms with van der Waals surface area (Å²) in [6.07, 6.45) is 11.1. The smallest absolute Gasteiger partial charge is 0.241 e. The van der Waals surface area contributed by atoms with Gasteiger partial charge in [0, 0.05) is 24.6 Å². The van der Waals surface area contributed by atoms with E-state index in [2.05, 4.69) is 25.1 Å². The van der Waals surface area contributed by atoms with E-state index in [0.29, 0.717) is 16.6 Å². The van der Waals surface area contributed by atoms with Crippen LogP contribution in [0, 0.1) is 6.92 Å². The van der Waals surface area contributed by atoms with Crippen LogP contribution in [0.5, 0.6) is 0 Å². The number of nitrogens with one attached hydrogen (secondary N) is 1. The predicted octanol–water partition coefficient (Wildman–Crippen LogP) is 3.85. The Morgan fingerprint density at radius 3 is 2.24 bits per heavy atom. The molecule has 9 nitrogen and oxygen atoms in total. The second-order valence-electron chi connectivity index (χ2n) is 9.72. The summed E-state index contributed by atoms with van der Waals surface area (Å²) in [6.45, 7) is 1.76. The molecule has 174 valence electrons. The number of hydrogen-bond donors (Lipinski definition) is 1. The lowest BCUT2D eigenvalue weighted by Gasteiger charge is -2.30. The Morgan fingerprint density at radius 2 is 1.67 bits per heavy atom. The quantitative estimate of drug-likeness (QED) is 0.560. The van der Waals surface area contributed by atoms with E-state index in [1.165, 1.54) is 0 Å². The van der Waals surface area contributed by atoms with Gasteiger partial charge in [-0.25, -0.2) is 13.1 Å². The van der Waals surface area contributed by atoms with Crippen LogP contribution in [-0.2, 0) is 10.0 Å². The second-order valence-corrected chi connectivity index (χ2v) is 11.4. The molecule has 2 heterocycles. The topological polar surface area (TPSA) is 116 Å². The average molecular weight is 469 g/mol. The fourth-order valence-corrected chi connectivity index (χ4v) is 6.99. The molecule has 2 aromatic heterocycles. The zero-order valence-corrected chi connectivity index (χ0v) is 19.5. The maximum atomic E-state index is 13.9. The van der Waals surface area contributed by atoms with E-state index in [4.69, 9.17) is 4.52 Å². The van der Waals surface area contributed by atoms with Gasteiger partial charge in [0.15, 0.2) is 0 Å². The first-order valence-electron chi connectivity index (χ1n) is 11.8. The molecule has 1 N–H and O–H groups in total. The van der Waals surface area contributed by atoms with Crippen molar-refractivity contribution in [2.45, 2.75) is 87.1 Å². The number of benzene rings is 1. The van der Waals surface area contributed by atoms with E-state index >= 15 is 0 Å². The molecular weight excluding hydrogens is 440 g/mol. The predicted molar refractivity (Wildman–Crippen MR) is 120 cm³/mol. The molecule has 2 atom stereocenters. The molecule has 3 saturated carbocycles. The molecule has 33 heavy (non-hydrogen) atoms. The summed E-state index contributed by atoms with van der Waals surface area (Å²) < 4.78 is 38.0. The molecule has 0 amide bonds. The lowest BCUT2D eigenvalue weighted by molar-refractivity contribution is 0.305. The number of nitrogens with zero attached hydrogens (tertiary/aromatic N) is 5. The highest BCUT2D eigenvalue weighted by atomic mass is 32.2. The number of aromatic nitrogens is 5. The van der Waals surface area contributed by atoms with Crippen molar-refractivity contribution in [3.8, 4) is 11.4 Å². The van der Waals surface area contributed by atoms with E-state index < -0.39 is 10.0 Å². The molecule has 3 aromatic rings. The maximum absolute atomic E-state index is 13.9. The van der Waals surface area contributed by atoms with Crippen LogP contribution < -0.4 is 4.72 Å². The number of rotatable bonds is 7. The Kier molecular flexibility index (Phi) is 5.10. The summed E-state index contributed by atoms with van der Waals surface area (Å²) in [6, 6.07) is 4.07. The van der Waals surface area contributed by atoms with Gasteiger partial charge in [0.05, 0.1) is 4.90 Å². The zero-order chi connectivity index (χ0) is 22.6. The van der Waals surface area contributed by atoms with Crippen LogP contribution in [0.25, 0.3) is 11.4 Å². The van der Waals surface area contributed by atoms with Crippen LogP contribution in [-0.4, -0.2) is 39.4 Å². The number of hydrogen-bond acceptors (Lipinski definition) is 7. The first-order valence-corrected chi connectivity index (χ1v) is 13.3. The molecular formula is C23H28N6O3S. The van der Waals surface area contributed by atoms with Crippen molar-refractivity contribution in [1.29, 1.82) is 0 Å². The van der Waals surface area contributed by atoms with E-state index in [1.807, 2.05) is 16.7 Å². The van der Waals surface area contributed by atoms with Crippen LogP contribution in [0.1, 0.15) is 86.3 Å². The fraction of sp³-hybridized carbons (Fsp3) is 0.565. The summed E-state index contributed by atoms with van der Waals surface area (Å²) >= 11 is 0. The number of aryl methyl sites for hydroxylation is 1. The minimum Gasteiger partial charge on any atom is -0.339 e. The van der Waals surface area contributed by atoms with Gasteiger partial charge in [0.1, 0.15) is 12.7 Å². The van der Waals surface area contributed by atoms with Crippen LogP contribution in [0.15, 0.2) is 34.2 Å². The van der Waals surface area contributed by atoms with Gasteiger partial charge in [-0.1, -0.05) is 5.16 Å². The van der Waals surface area contributed by atoms with Gasteiger partial charge >= 0.3 is 0 Å². The lowest BCUT2D eigenvalue weighted by Crippen LogP contribution is -2.39. The summed E-state index contributed by atoms with van der Waals surface area (Å²) in [5, 5.41) is 11.9. The summed E-state index contributed by atoms with van der Waals surface area (Å²) in [4.78, 5) is 4.89. The van der Waals surface area contributed by atoms with Gasteiger partial charge in [-0.3, -0.25) is 0 Å². The third kappa shape index (κ3) is 4.21. The standard InChI is InChI=1S/C23H28N6O3S/c1-14-26-23(27-32-14)17-9-20(15-5-6-15)22(21(10-17)16-7-8-16)33(30,31)28-18-3-2-4-19(11-18)29-12-24-25-13-29/h9-10,12-13,15-16,18-19,28H,2-8,11H2,1H3. The molecule has 0 bridgehead atoms. The Balaban J connectivity index is 1.35. The van der Waals surface area contributed by atoms with Crippen molar-refractivity contribution in [1.82, 2.24) is 29.6 Å². The van der Waals surface area contributed by atoms with Gasteiger partial charge in [-0.2, -0.15) is 4.98 Å². The van der Waals surface area contributed by atoms with Crippen LogP contribution in [0.4, 0.5) is 0 Å². The summed E-state index contributed by atoms with van der Waals surface area (Å²) in [5.74, 6) is 1.58. The van der Waals surface area contributed by atoms with Gasteiger partial charge in [-0.05, 0) is 86.5 Å². The van der Waals surface area contributed by atoms with Crippen molar-refractivity contribution < 1.29 is 12.9 Å². The highest BCUT2D eigenvalue weighted by Crippen LogP contribution is 2.50. The lowest BCUT2D eigenvalue weighted by atomic mass is 9.91. The van der Waals surface area contributed by atoms with Crippen molar-refractivity contribution >= 4 is 10.0 Å². The normalized spacial score (nSPS) is 23.7. The van der Waals surface area contributed by atoms with Gasteiger partial charge in [0.2, 0.25) is 21.7 Å². The van der Waals surface area contributed by atoms with Crippen molar-refractivity contribution in [2.24, 2.45) is 0 Å². The minimum absolute atomic E-state index is 0.102. The zero-order valence-electron chi connectivity index (χ0n) is 18.6. The fourth-order valence-electron chi connectivity index (χ4n) is 5.14. The summed E-state index contributed by atoms with van der Waals surface area (Å²) in [5.41, 5.74) is 2.67. The molecule has 10 heteroatoms. The number of sulfonamides is 1. The molecule has 3 fully saturated rings. The molecule has 1 aromatic carbocycles. The van der Waals surface area contributed by atoms with Crippen molar-refractivity contribution in [3.05, 3.63) is 41.8 Å². The largest absolute Gasteiger partial charge is 0.339 e. The van der Waals surface area contributed by atoms with Crippen LogP contribution >= 0.6 is 0 Å². The van der Waals surface area contributed by atoms with Crippen molar-refractivity contribution in [2.75, 3.05) is 0 Å². The maximum Gasteiger partial charge on any atom is 0.241 e. The van der Waals surface area contributed by atoms with Crippen LogP contribution in [0.2, 0.25) is 0 Å². The Labute approximate surface area is 193 Å². The summed E-state index contributed by atoms with van der Waals surface area (Å²) in [7, 11) is -3.67. The van der Waals surface area contributed by atoms with Gasteiger partial charge in [0.25, 0.3) is 0 Å². The second kappa shape index (κ2) is 8.02. The molecule has 0 aliphatic heterocycles. The van der Waals surface area contributed by atoms with Gasteiger partial charge in [-0.15, -0.1) is 10.2 Å². The Bertz CT molecular complexity index is 1230. The highest BCUT2D eigenvalue weighted by Gasteiger charge is 2.39. The minimum atomic E-state index is -3.67. The Hall–Kier alpha value is -2.59. The van der Waals surface area contributed by atoms with E-state index in [9.17, 15) is 8.42 Å². The first-order chi connectivity index (χ1) is 16.0. The molecule has 0 spiro atoms. The molecule has 2 unspecified atom stereocenters. The molecule has 0 radical (unpaired) electrons. The SMILES string of the molecule is Cc1nc(-c2cc(C3CC3)c(S(=O)(=O)NC3CCCC(n4cnnc4)C3)c(C3CC3)c2)no1. The average Bonchev–Trinajstić information content (AvgIpc) is 3.72. The monoisotopic (exact) mass is 468 g/mol. The van der Waals surface area contributed by atoms with Crippen LogP contribution in [0.3, 0.4) is 0 Å². The van der Waals surface area contributed by atoms with E-state index in [1.54, 1.807) is 19.6 Å². The Morgan fingerprint density at radius 1 is 1.00 bits per heavy atom. The molecule has 3 aliphatic carbocycles. The molecule has 6 rings (SSSR count).